The smallest absolute Gasteiger partial charge is 0.248 e. The van der Waals surface area contributed by atoms with Crippen molar-refractivity contribution in [2.24, 2.45) is 0 Å². The van der Waals surface area contributed by atoms with Crippen molar-refractivity contribution in [3.63, 3.8) is 0 Å². The first-order valence-corrected chi connectivity index (χ1v) is 9.46. The highest BCUT2D eigenvalue weighted by Gasteiger charge is 2.15. The lowest BCUT2D eigenvalue weighted by Crippen LogP contribution is -2.11. The summed E-state index contributed by atoms with van der Waals surface area (Å²) in [5.41, 5.74) is 4.04. The fourth-order valence-electron chi connectivity index (χ4n) is 3.26. The molecule has 1 atom stereocenters. The van der Waals surface area contributed by atoms with Crippen molar-refractivity contribution >= 4 is 17.7 Å². The van der Waals surface area contributed by atoms with Gasteiger partial charge in [-0.15, -0.1) is 0 Å². The van der Waals surface area contributed by atoms with Gasteiger partial charge in [0.15, 0.2) is 0 Å². The summed E-state index contributed by atoms with van der Waals surface area (Å²) in [7, 11) is 0. The van der Waals surface area contributed by atoms with Crippen LogP contribution in [0.4, 0.5) is 5.69 Å². The van der Waals surface area contributed by atoms with Gasteiger partial charge >= 0.3 is 0 Å². The second-order valence-corrected chi connectivity index (χ2v) is 6.68. The highest BCUT2D eigenvalue weighted by atomic mass is 16.1. The molecule has 0 fully saturated rings. The molecule has 1 amide bonds. The summed E-state index contributed by atoms with van der Waals surface area (Å²) in [6.07, 6.45) is 8.91. The zero-order valence-corrected chi connectivity index (χ0v) is 15.8. The van der Waals surface area contributed by atoms with E-state index in [1.54, 1.807) is 18.3 Å². The van der Waals surface area contributed by atoms with Crippen LogP contribution < -0.4 is 5.32 Å². The summed E-state index contributed by atoms with van der Waals surface area (Å²) in [5, 5.41) is 2.91. The highest BCUT2D eigenvalue weighted by molar-refractivity contribution is 6.01. The zero-order chi connectivity index (χ0) is 19.9. The number of rotatable bonds is 6. The van der Waals surface area contributed by atoms with Crippen LogP contribution >= 0.6 is 0 Å². The monoisotopic (exact) mass is 379 g/mol. The number of hydrogen-bond donors (Lipinski definition) is 1. The van der Waals surface area contributed by atoms with Crippen molar-refractivity contribution in [3.8, 4) is 0 Å². The van der Waals surface area contributed by atoms with E-state index < -0.39 is 0 Å². The Bertz CT molecular complexity index is 1070. The van der Waals surface area contributed by atoms with Crippen molar-refractivity contribution in [2.45, 2.75) is 6.04 Å². The third kappa shape index (κ3) is 4.68. The molecule has 4 nitrogen and oxygen atoms in total. The number of carbonyl (C=O) groups is 1. The van der Waals surface area contributed by atoms with Crippen LogP contribution in [-0.4, -0.2) is 15.5 Å². The van der Waals surface area contributed by atoms with Gasteiger partial charge in [-0.25, -0.2) is 4.98 Å². The number of amides is 1. The molecule has 0 radical (unpaired) electrons. The maximum atomic E-state index is 12.2. The maximum absolute atomic E-state index is 12.2. The van der Waals surface area contributed by atoms with E-state index in [9.17, 15) is 4.79 Å². The lowest BCUT2D eigenvalue weighted by molar-refractivity contribution is -0.111. The number of imidazole rings is 1. The van der Waals surface area contributed by atoms with Gasteiger partial charge in [0.25, 0.3) is 0 Å². The second kappa shape index (κ2) is 8.85. The molecule has 0 aliphatic carbocycles. The molecule has 142 valence electrons. The van der Waals surface area contributed by atoms with E-state index in [0.717, 1.165) is 16.8 Å². The lowest BCUT2D eigenvalue weighted by atomic mass is 9.98. The highest BCUT2D eigenvalue weighted by Crippen LogP contribution is 2.27. The van der Waals surface area contributed by atoms with Crippen molar-refractivity contribution in [2.75, 3.05) is 5.32 Å². The standard InChI is InChI=1S/C25H21N3O/c29-24(16-11-20-7-3-1-4-8-20)27-23-14-12-22(13-15-23)25(28-18-17-26-19-28)21-9-5-2-6-10-21/h1-19,25H,(H,27,29)/b16-11-. The van der Waals surface area contributed by atoms with Gasteiger partial charge in [-0.3, -0.25) is 4.79 Å². The predicted molar refractivity (Wildman–Crippen MR) is 116 cm³/mol. The van der Waals surface area contributed by atoms with Crippen molar-refractivity contribution in [1.29, 1.82) is 0 Å². The molecule has 0 aliphatic heterocycles. The molecule has 4 heteroatoms. The number of anilines is 1. The fourth-order valence-corrected chi connectivity index (χ4v) is 3.26. The fraction of sp³-hybridized carbons (Fsp3) is 0.0400. The van der Waals surface area contributed by atoms with Crippen LogP contribution in [-0.2, 0) is 4.79 Å². The summed E-state index contributed by atoms with van der Waals surface area (Å²) >= 11 is 0. The Balaban J connectivity index is 1.50. The van der Waals surface area contributed by atoms with Crippen LogP contribution in [0.2, 0.25) is 0 Å². The van der Waals surface area contributed by atoms with Gasteiger partial charge < -0.3 is 9.88 Å². The van der Waals surface area contributed by atoms with Crippen LogP contribution in [0.25, 0.3) is 6.08 Å². The molecule has 1 heterocycles. The summed E-state index contributed by atoms with van der Waals surface area (Å²) in [4.78, 5) is 16.4. The van der Waals surface area contributed by atoms with Crippen LogP contribution in [0.5, 0.6) is 0 Å². The third-order valence-corrected chi connectivity index (χ3v) is 4.66. The van der Waals surface area contributed by atoms with Gasteiger partial charge in [0.1, 0.15) is 0 Å². The number of carbonyl (C=O) groups excluding carboxylic acids is 1. The SMILES string of the molecule is O=C(/C=C\c1ccccc1)Nc1ccc(C(c2ccccc2)n2ccnc2)cc1. The van der Waals surface area contributed by atoms with Gasteiger partial charge in [-0.2, -0.15) is 0 Å². The van der Waals surface area contributed by atoms with E-state index in [-0.39, 0.29) is 11.9 Å². The minimum Gasteiger partial charge on any atom is -0.326 e. The molecule has 3 aromatic carbocycles. The summed E-state index contributed by atoms with van der Waals surface area (Å²) in [5.74, 6) is -0.157. The minimum atomic E-state index is -0.157. The molecule has 0 aliphatic rings. The average molecular weight is 379 g/mol. The van der Waals surface area contributed by atoms with Gasteiger partial charge in [-0.05, 0) is 34.9 Å². The lowest BCUT2D eigenvalue weighted by Gasteiger charge is -2.20. The predicted octanol–water partition coefficient (Wildman–Crippen LogP) is 5.17. The number of hydrogen-bond acceptors (Lipinski definition) is 2. The molecule has 1 aromatic heterocycles. The van der Waals surface area contributed by atoms with Crippen molar-refractivity contribution < 1.29 is 4.79 Å². The van der Waals surface area contributed by atoms with E-state index in [1.165, 1.54) is 5.56 Å². The molecule has 0 spiro atoms. The molecule has 4 aromatic rings. The summed E-state index contributed by atoms with van der Waals surface area (Å²) in [6, 6.07) is 28.0. The van der Waals surface area contributed by atoms with Gasteiger partial charge in [0, 0.05) is 24.2 Å². The van der Waals surface area contributed by atoms with E-state index >= 15 is 0 Å². The molecule has 29 heavy (non-hydrogen) atoms. The maximum Gasteiger partial charge on any atom is 0.248 e. The van der Waals surface area contributed by atoms with Crippen molar-refractivity contribution in [3.05, 3.63) is 126 Å². The number of nitrogens with zero attached hydrogens (tertiary/aromatic N) is 2. The largest absolute Gasteiger partial charge is 0.326 e. The van der Waals surface area contributed by atoms with Gasteiger partial charge in [0.05, 0.1) is 12.4 Å². The van der Waals surface area contributed by atoms with Gasteiger partial charge in [0.2, 0.25) is 5.91 Å². The van der Waals surface area contributed by atoms with Crippen molar-refractivity contribution in [1.82, 2.24) is 9.55 Å². The molecular weight excluding hydrogens is 358 g/mol. The minimum absolute atomic E-state index is 0.0291. The zero-order valence-electron chi connectivity index (χ0n) is 15.8. The summed E-state index contributed by atoms with van der Waals surface area (Å²) in [6.45, 7) is 0. The number of nitrogens with one attached hydrogen (secondary N) is 1. The summed E-state index contributed by atoms with van der Waals surface area (Å²) < 4.78 is 2.07. The van der Waals surface area contributed by atoms with E-state index in [4.69, 9.17) is 0 Å². The first kappa shape index (κ1) is 18.4. The Morgan fingerprint density at radius 3 is 2.17 bits per heavy atom. The Hall–Kier alpha value is -3.92. The van der Waals surface area contributed by atoms with E-state index in [2.05, 4.69) is 27.0 Å². The molecule has 1 unspecified atom stereocenters. The molecule has 1 N–H and O–H groups in total. The molecular formula is C25H21N3O. The average Bonchev–Trinajstić information content (AvgIpc) is 3.30. The first-order chi connectivity index (χ1) is 14.3. The molecule has 0 bridgehead atoms. The van der Waals surface area contributed by atoms with Crippen LogP contribution in [0.15, 0.2) is 110 Å². The van der Waals surface area contributed by atoms with E-state index in [1.807, 2.05) is 85.3 Å². The molecule has 0 saturated carbocycles. The Kier molecular flexibility index (Phi) is 5.63. The first-order valence-electron chi connectivity index (χ1n) is 9.46. The molecule has 4 rings (SSSR count). The van der Waals surface area contributed by atoms with Gasteiger partial charge in [-0.1, -0.05) is 72.8 Å². The Morgan fingerprint density at radius 2 is 1.52 bits per heavy atom. The number of benzene rings is 3. The van der Waals surface area contributed by atoms with Crippen LogP contribution in [0.3, 0.4) is 0 Å². The van der Waals surface area contributed by atoms with Crippen LogP contribution in [0.1, 0.15) is 22.7 Å². The normalized spacial score (nSPS) is 12.0. The topological polar surface area (TPSA) is 46.9 Å². The second-order valence-electron chi connectivity index (χ2n) is 6.68. The number of aromatic nitrogens is 2. The Morgan fingerprint density at radius 1 is 0.862 bits per heavy atom. The van der Waals surface area contributed by atoms with Crippen LogP contribution in [0, 0.1) is 0 Å². The molecule has 0 saturated heterocycles. The Labute approximate surface area is 170 Å². The third-order valence-electron chi connectivity index (χ3n) is 4.66. The van der Waals surface area contributed by atoms with E-state index in [0.29, 0.717) is 0 Å². The quantitative estimate of drug-likeness (QED) is 0.470.